The monoisotopic (exact) mass is 337 g/mol. The van der Waals surface area contributed by atoms with Crippen LogP contribution in [0.25, 0.3) is 0 Å². The van der Waals surface area contributed by atoms with Gasteiger partial charge in [-0.3, -0.25) is 10.1 Å². The fourth-order valence-corrected chi connectivity index (χ4v) is 4.08. The largest absolute Gasteiger partial charge is 0.357 e. The Morgan fingerprint density at radius 1 is 1.57 bits per heavy atom. The lowest BCUT2D eigenvalue weighted by Gasteiger charge is -2.36. The Morgan fingerprint density at radius 2 is 2.39 bits per heavy atom. The molecule has 1 aromatic heterocycles. The lowest BCUT2D eigenvalue weighted by molar-refractivity contribution is 0.381. The molecule has 5 nitrogen and oxygen atoms in total. The van der Waals surface area contributed by atoms with E-state index in [1.807, 2.05) is 6.20 Å². The van der Waals surface area contributed by atoms with Gasteiger partial charge in [0.15, 0.2) is 5.96 Å². The molecule has 0 amide bonds. The van der Waals surface area contributed by atoms with E-state index in [9.17, 15) is 0 Å². The van der Waals surface area contributed by atoms with Crippen molar-refractivity contribution in [3.8, 4) is 0 Å². The molecule has 6 heteroatoms. The van der Waals surface area contributed by atoms with Crippen LogP contribution in [0.3, 0.4) is 0 Å². The first-order valence-corrected chi connectivity index (χ1v) is 9.80. The molecule has 2 rings (SSSR count). The first-order chi connectivity index (χ1) is 11.1. The van der Waals surface area contributed by atoms with Crippen molar-refractivity contribution in [2.75, 3.05) is 31.9 Å². The summed E-state index contributed by atoms with van der Waals surface area (Å²) < 4.78 is 0. The van der Waals surface area contributed by atoms with Crippen molar-refractivity contribution in [1.29, 1.82) is 0 Å². The number of aliphatic imine (C=N–C) groups is 1. The number of aromatic nitrogens is 2. The predicted molar refractivity (Wildman–Crippen MR) is 100 cm³/mol. The number of aromatic amines is 1. The summed E-state index contributed by atoms with van der Waals surface area (Å²) in [4.78, 5) is 7.29. The van der Waals surface area contributed by atoms with E-state index < -0.39 is 0 Å². The van der Waals surface area contributed by atoms with Crippen molar-refractivity contribution >= 4 is 17.7 Å². The minimum Gasteiger partial charge on any atom is -0.357 e. The average Bonchev–Trinajstić information content (AvgIpc) is 2.95. The smallest absolute Gasteiger partial charge is 0.193 e. The number of rotatable bonds is 6. The highest BCUT2D eigenvalue weighted by atomic mass is 32.2. The van der Waals surface area contributed by atoms with Crippen LogP contribution in [0.15, 0.2) is 11.2 Å². The second kappa shape index (κ2) is 9.21. The summed E-state index contributed by atoms with van der Waals surface area (Å²) in [5.41, 5.74) is 2.48. The van der Waals surface area contributed by atoms with Crippen molar-refractivity contribution in [2.24, 2.45) is 10.9 Å². The summed E-state index contributed by atoms with van der Waals surface area (Å²) in [7, 11) is 0. The standard InChI is InChI=1S/C17H31N5S/c1-5-18-17(22-9-10-23-16(12-22)13(2)3)19-8-6-7-15-11-20-21-14(15)4/h11,13,16H,5-10,12H2,1-4H3,(H,18,19)(H,20,21). The molecule has 0 saturated carbocycles. The fraction of sp³-hybridized carbons (Fsp3) is 0.765. The first kappa shape index (κ1) is 18.2. The van der Waals surface area contributed by atoms with Gasteiger partial charge in [0.25, 0.3) is 0 Å². The highest BCUT2D eigenvalue weighted by molar-refractivity contribution is 8.00. The van der Waals surface area contributed by atoms with Crippen molar-refractivity contribution < 1.29 is 0 Å². The molecular weight excluding hydrogens is 306 g/mol. The van der Waals surface area contributed by atoms with E-state index in [4.69, 9.17) is 4.99 Å². The van der Waals surface area contributed by atoms with Crippen LogP contribution in [-0.2, 0) is 6.42 Å². The van der Waals surface area contributed by atoms with Crippen LogP contribution in [0.1, 0.15) is 38.4 Å². The Hall–Kier alpha value is -1.17. The summed E-state index contributed by atoms with van der Waals surface area (Å²) in [6.45, 7) is 12.8. The minimum absolute atomic E-state index is 0.709. The van der Waals surface area contributed by atoms with Gasteiger partial charge >= 0.3 is 0 Å². The molecule has 2 N–H and O–H groups in total. The van der Waals surface area contributed by atoms with Gasteiger partial charge in [-0.05, 0) is 38.2 Å². The van der Waals surface area contributed by atoms with E-state index in [1.54, 1.807) is 0 Å². The number of hydrogen-bond acceptors (Lipinski definition) is 3. The van der Waals surface area contributed by atoms with E-state index in [-0.39, 0.29) is 0 Å². The summed E-state index contributed by atoms with van der Waals surface area (Å²) in [6, 6.07) is 0. The van der Waals surface area contributed by atoms with Crippen LogP contribution in [-0.4, -0.2) is 58.2 Å². The molecule has 0 radical (unpaired) electrons. The zero-order chi connectivity index (χ0) is 16.7. The predicted octanol–water partition coefficient (Wildman–Crippen LogP) is 2.69. The third-order valence-corrected chi connectivity index (χ3v) is 5.81. The molecule has 130 valence electrons. The Bertz CT molecular complexity index is 497. The number of H-pyrrole nitrogens is 1. The maximum absolute atomic E-state index is 4.85. The first-order valence-electron chi connectivity index (χ1n) is 8.75. The lowest BCUT2D eigenvalue weighted by atomic mass is 10.1. The van der Waals surface area contributed by atoms with Crippen LogP contribution in [0.2, 0.25) is 0 Å². The summed E-state index contributed by atoms with van der Waals surface area (Å²) >= 11 is 2.10. The van der Waals surface area contributed by atoms with Crippen LogP contribution in [0, 0.1) is 12.8 Å². The van der Waals surface area contributed by atoms with Gasteiger partial charge in [0.1, 0.15) is 0 Å². The second-order valence-corrected chi connectivity index (χ2v) is 7.81. The normalized spacial score (nSPS) is 19.4. The molecule has 23 heavy (non-hydrogen) atoms. The molecule has 0 aromatic carbocycles. The Kier molecular flexibility index (Phi) is 7.27. The molecule has 2 heterocycles. The average molecular weight is 338 g/mol. The number of nitrogens with one attached hydrogen (secondary N) is 2. The molecule has 1 aliphatic heterocycles. The topological polar surface area (TPSA) is 56.3 Å². The molecule has 1 aliphatic rings. The minimum atomic E-state index is 0.709. The van der Waals surface area contributed by atoms with Crippen LogP contribution >= 0.6 is 11.8 Å². The van der Waals surface area contributed by atoms with Gasteiger partial charge in [0.2, 0.25) is 0 Å². The number of hydrogen-bond donors (Lipinski definition) is 2. The number of aryl methyl sites for hydroxylation is 2. The molecule has 1 atom stereocenters. The highest BCUT2D eigenvalue weighted by Crippen LogP contribution is 2.24. The summed E-state index contributed by atoms with van der Waals surface area (Å²) in [5, 5.41) is 11.3. The SMILES string of the molecule is CCNC(=NCCCc1cn[nH]c1C)N1CCSC(C(C)C)C1. The van der Waals surface area contributed by atoms with Crippen LogP contribution in [0.5, 0.6) is 0 Å². The molecule has 1 unspecified atom stereocenters. The van der Waals surface area contributed by atoms with Gasteiger partial charge in [0.05, 0.1) is 6.20 Å². The third-order valence-electron chi connectivity index (χ3n) is 4.27. The highest BCUT2D eigenvalue weighted by Gasteiger charge is 2.24. The van der Waals surface area contributed by atoms with Crippen molar-refractivity contribution in [2.45, 2.75) is 45.8 Å². The zero-order valence-corrected chi connectivity index (χ0v) is 15.7. The Labute approximate surface area is 144 Å². The van der Waals surface area contributed by atoms with E-state index in [0.717, 1.165) is 50.9 Å². The summed E-state index contributed by atoms with van der Waals surface area (Å²) in [5.74, 6) is 3.00. The molecule has 0 aliphatic carbocycles. The van der Waals surface area contributed by atoms with Crippen molar-refractivity contribution in [3.63, 3.8) is 0 Å². The molecule has 1 aromatic rings. The van der Waals surface area contributed by atoms with Crippen molar-refractivity contribution in [3.05, 3.63) is 17.5 Å². The number of nitrogens with zero attached hydrogens (tertiary/aromatic N) is 3. The maximum atomic E-state index is 4.85. The Balaban J connectivity index is 1.87. The second-order valence-electron chi connectivity index (χ2n) is 6.46. The molecule has 1 fully saturated rings. The molecule has 1 saturated heterocycles. The van der Waals surface area contributed by atoms with Crippen LogP contribution in [0.4, 0.5) is 0 Å². The van der Waals surface area contributed by atoms with Gasteiger partial charge < -0.3 is 10.2 Å². The molecular formula is C17H31N5S. The van der Waals surface area contributed by atoms with Gasteiger partial charge in [-0.2, -0.15) is 16.9 Å². The van der Waals surface area contributed by atoms with E-state index in [1.165, 1.54) is 17.0 Å². The lowest BCUT2D eigenvalue weighted by Crippen LogP contribution is -2.49. The van der Waals surface area contributed by atoms with Crippen LogP contribution < -0.4 is 5.32 Å². The molecule has 0 bridgehead atoms. The van der Waals surface area contributed by atoms with Gasteiger partial charge in [-0.15, -0.1) is 0 Å². The quantitative estimate of drug-likeness (QED) is 0.476. The maximum Gasteiger partial charge on any atom is 0.193 e. The molecule has 0 spiro atoms. The van der Waals surface area contributed by atoms with Gasteiger partial charge in [0, 0.05) is 42.9 Å². The van der Waals surface area contributed by atoms with Crippen molar-refractivity contribution in [1.82, 2.24) is 20.4 Å². The summed E-state index contributed by atoms with van der Waals surface area (Å²) in [6.07, 6.45) is 4.03. The number of thioether (sulfide) groups is 1. The Morgan fingerprint density at radius 3 is 3.04 bits per heavy atom. The third kappa shape index (κ3) is 5.44. The van der Waals surface area contributed by atoms with Gasteiger partial charge in [-0.25, -0.2) is 0 Å². The van der Waals surface area contributed by atoms with E-state index in [2.05, 4.69) is 59.9 Å². The van der Waals surface area contributed by atoms with E-state index in [0.29, 0.717) is 5.25 Å². The van der Waals surface area contributed by atoms with Gasteiger partial charge in [-0.1, -0.05) is 13.8 Å². The fourth-order valence-electron chi connectivity index (χ4n) is 2.78. The number of guanidine groups is 1. The zero-order valence-electron chi connectivity index (χ0n) is 14.9. The van der Waals surface area contributed by atoms with E-state index >= 15 is 0 Å².